The van der Waals surface area contributed by atoms with Gasteiger partial charge in [-0.1, -0.05) is 48.0 Å². The van der Waals surface area contributed by atoms with Crippen LogP contribution in [-0.2, 0) is 0 Å². The minimum absolute atomic E-state index is 0.0927. The lowest BCUT2D eigenvalue weighted by atomic mass is 9.88. The molecule has 1 aromatic carbocycles. The fraction of sp³-hybridized carbons (Fsp3) is 0.438. The highest BCUT2D eigenvalue weighted by Crippen LogP contribution is 2.22. The number of hydrogen-bond donors (Lipinski definition) is 1. The van der Waals surface area contributed by atoms with E-state index in [1.54, 1.807) is 6.07 Å². The van der Waals surface area contributed by atoms with E-state index in [1.807, 2.05) is 24.3 Å². The molecular weight excluding hydrogens is 318 g/mol. The second-order valence-electron chi connectivity index (χ2n) is 5.79. The Bertz CT molecular complexity index is 556. The fourth-order valence-electron chi connectivity index (χ4n) is 2.13. The van der Waals surface area contributed by atoms with Gasteiger partial charge in [-0.3, -0.25) is 4.79 Å². The largest absolute Gasteiger partial charge is 0.451 e. The summed E-state index contributed by atoms with van der Waals surface area (Å²) in [4.78, 5) is 12.1. The highest BCUT2D eigenvalue weighted by Gasteiger charge is 2.20. The Morgan fingerprint density at radius 2 is 2.10 bits per heavy atom. The van der Waals surface area contributed by atoms with Crippen LogP contribution < -0.4 is 5.32 Å². The number of nitrogens with one attached hydrogen (secondary N) is 1. The smallest absolute Gasteiger partial charge is 0.287 e. The third-order valence-electron chi connectivity index (χ3n) is 3.36. The van der Waals surface area contributed by atoms with Gasteiger partial charge < -0.3 is 9.73 Å². The Balaban J connectivity index is 1.98. The van der Waals surface area contributed by atoms with E-state index in [-0.39, 0.29) is 11.3 Å². The molecule has 0 aliphatic rings. The van der Waals surface area contributed by atoms with Gasteiger partial charge in [0.05, 0.1) is 0 Å². The van der Waals surface area contributed by atoms with Crippen molar-refractivity contribution in [1.29, 1.82) is 0 Å². The number of amides is 1. The first-order chi connectivity index (χ1) is 9.52. The molecule has 0 aliphatic carbocycles. The van der Waals surface area contributed by atoms with Gasteiger partial charge in [0, 0.05) is 17.3 Å². The number of carbonyl (C=O) groups is 1. The first kappa shape index (κ1) is 15.1. The zero-order valence-electron chi connectivity index (χ0n) is 11.9. The third kappa shape index (κ3) is 3.85. The number of halogens is 1. The van der Waals surface area contributed by atoms with Crippen LogP contribution in [0.1, 0.15) is 37.2 Å². The summed E-state index contributed by atoms with van der Waals surface area (Å²) < 4.78 is 5.56. The van der Waals surface area contributed by atoms with Crippen molar-refractivity contribution in [1.82, 2.24) is 5.32 Å². The second kappa shape index (κ2) is 6.44. The number of alkyl halides is 1. The van der Waals surface area contributed by atoms with Crippen molar-refractivity contribution < 1.29 is 9.21 Å². The van der Waals surface area contributed by atoms with Gasteiger partial charge in [0.2, 0.25) is 0 Å². The molecule has 4 heteroatoms. The van der Waals surface area contributed by atoms with Gasteiger partial charge in [-0.15, -0.1) is 0 Å². The standard InChI is InChI=1S/C16H20BrNO2/c1-16(2,8-5-9-17)11-18-15(19)14-10-12-6-3-4-7-13(12)20-14/h3-4,6-7,10H,5,8-9,11H2,1-2H3,(H,18,19). The van der Waals surface area contributed by atoms with Crippen LogP contribution in [0.3, 0.4) is 0 Å². The maximum atomic E-state index is 12.1. The average molecular weight is 338 g/mol. The fourth-order valence-corrected chi connectivity index (χ4v) is 2.41. The van der Waals surface area contributed by atoms with Crippen molar-refractivity contribution in [3.05, 3.63) is 36.1 Å². The van der Waals surface area contributed by atoms with Gasteiger partial charge >= 0.3 is 0 Å². The van der Waals surface area contributed by atoms with E-state index in [9.17, 15) is 4.79 Å². The van der Waals surface area contributed by atoms with Crippen molar-refractivity contribution in [3.8, 4) is 0 Å². The summed E-state index contributed by atoms with van der Waals surface area (Å²) in [6.07, 6.45) is 2.17. The van der Waals surface area contributed by atoms with E-state index in [4.69, 9.17) is 4.42 Å². The minimum atomic E-state index is -0.145. The molecule has 2 rings (SSSR count). The number of furan rings is 1. The number of rotatable bonds is 6. The predicted molar refractivity (Wildman–Crippen MR) is 85.4 cm³/mol. The quantitative estimate of drug-likeness (QED) is 0.795. The Kier molecular flexibility index (Phi) is 4.86. The summed E-state index contributed by atoms with van der Waals surface area (Å²) in [7, 11) is 0. The van der Waals surface area contributed by atoms with Crippen LogP contribution in [0.2, 0.25) is 0 Å². The van der Waals surface area contributed by atoms with Crippen LogP contribution in [0.5, 0.6) is 0 Å². The summed E-state index contributed by atoms with van der Waals surface area (Å²) in [6.45, 7) is 4.97. The molecule has 108 valence electrons. The van der Waals surface area contributed by atoms with E-state index >= 15 is 0 Å². The number of carbonyl (C=O) groups excluding carboxylic acids is 1. The zero-order valence-corrected chi connectivity index (χ0v) is 13.5. The van der Waals surface area contributed by atoms with Crippen molar-refractivity contribution in [3.63, 3.8) is 0 Å². The Hall–Kier alpha value is -1.29. The molecule has 20 heavy (non-hydrogen) atoms. The molecule has 0 saturated carbocycles. The summed E-state index contributed by atoms with van der Waals surface area (Å²) in [6, 6.07) is 9.43. The Morgan fingerprint density at radius 1 is 1.35 bits per heavy atom. The maximum absolute atomic E-state index is 12.1. The van der Waals surface area contributed by atoms with E-state index in [0.717, 1.165) is 29.1 Å². The zero-order chi connectivity index (χ0) is 14.6. The monoisotopic (exact) mass is 337 g/mol. The highest BCUT2D eigenvalue weighted by molar-refractivity contribution is 9.09. The lowest BCUT2D eigenvalue weighted by Crippen LogP contribution is -2.33. The molecule has 0 bridgehead atoms. The first-order valence-electron chi connectivity index (χ1n) is 6.84. The molecule has 1 heterocycles. The number of para-hydroxylation sites is 1. The summed E-state index contributed by atoms with van der Waals surface area (Å²) in [5, 5.41) is 4.91. The van der Waals surface area contributed by atoms with Crippen molar-refractivity contribution >= 4 is 32.8 Å². The van der Waals surface area contributed by atoms with Gasteiger partial charge in [0.25, 0.3) is 5.91 Å². The summed E-state index contributed by atoms with van der Waals surface area (Å²) in [5.41, 5.74) is 0.839. The van der Waals surface area contributed by atoms with Crippen LogP contribution in [0.4, 0.5) is 0 Å². The second-order valence-corrected chi connectivity index (χ2v) is 6.58. The lowest BCUT2D eigenvalue weighted by Gasteiger charge is -2.24. The molecule has 2 aromatic rings. The van der Waals surface area contributed by atoms with Crippen molar-refractivity contribution in [2.75, 3.05) is 11.9 Å². The van der Waals surface area contributed by atoms with Crippen molar-refractivity contribution in [2.24, 2.45) is 5.41 Å². The molecular formula is C16H20BrNO2. The predicted octanol–water partition coefficient (Wildman–Crippen LogP) is 4.36. The Labute approximate surface area is 127 Å². The molecule has 0 aliphatic heterocycles. The summed E-state index contributed by atoms with van der Waals surface area (Å²) in [5.74, 6) is 0.232. The van der Waals surface area contributed by atoms with Gasteiger partial charge in [-0.2, -0.15) is 0 Å². The van der Waals surface area contributed by atoms with Crippen LogP contribution in [0.25, 0.3) is 11.0 Å². The molecule has 3 nitrogen and oxygen atoms in total. The molecule has 0 unspecified atom stereocenters. The number of fused-ring (bicyclic) bond motifs is 1. The molecule has 1 amide bonds. The molecule has 0 spiro atoms. The molecule has 1 N–H and O–H groups in total. The topological polar surface area (TPSA) is 42.2 Å². The molecule has 0 atom stereocenters. The van der Waals surface area contributed by atoms with Crippen LogP contribution in [-0.4, -0.2) is 17.8 Å². The van der Waals surface area contributed by atoms with E-state index < -0.39 is 0 Å². The molecule has 1 aromatic heterocycles. The Morgan fingerprint density at radius 3 is 2.80 bits per heavy atom. The highest BCUT2D eigenvalue weighted by atomic mass is 79.9. The van der Waals surface area contributed by atoms with Crippen LogP contribution >= 0.6 is 15.9 Å². The van der Waals surface area contributed by atoms with E-state index in [1.165, 1.54) is 0 Å². The first-order valence-corrected chi connectivity index (χ1v) is 7.97. The maximum Gasteiger partial charge on any atom is 0.287 e. The SMILES string of the molecule is CC(C)(CCCBr)CNC(=O)c1cc2ccccc2o1. The number of hydrogen-bond acceptors (Lipinski definition) is 2. The number of benzene rings is 1. The molecule has 0 saturated heterocycles. The normalized spacial score (nSPS) is 11.8. The van der Waals surface area contributed by atoms with Gasteiger partial charge in [-0.05, 0) is 30.4 Å². The third-order valence-corrected chi connectivity index (χ3v) is 3.92. The van der Waals surface area contributed by atoms with Crippen LogP contribution in [0, 0.1) is 5.41 Å². The van der Waals surface area contributed by atoms with Gasteiger partial charge in [0.15, 0.2) is 5.76 Å². The van der Waals surface area contributed by atoms with Gasteiger partial charge in [-0.25, -0.2) is 0 Å². The summed E-state index contributed by atoms with van der Waals surface area (Å²) >= 11 is 3.44. The van der Waals surface area contributed by atoms with Crippen LogP contribution in [0.15, 0.2) is 34.7 Å². The van der Waals surface area contributed by atoms with Gasteiger partial charge in [0.1, 0.15) is 5.58 Å². The lowest BCUT2D eigenvalue weighted by molar-refractivity contribution is 0.0909. The van der Waals surface area contributed by atoms with Crippen molar-refractivity contribution in [2.45, 2.75) is 26.7 Å². The van der Waals surface area contributed by atoms with E-state index in [2.05, 4.69) is 35.1 Å². The molecule has 0 radical (unpaired) electrons. The minimum Gasteiger partial charge on any atom is -0.451 e. The van der Waals surface area contributed by atoms with E-state index in [0.29, 0.717) is 12.3 Å². The molecule has 0 fully saturated rings. The average Bonchev–Trinajstić information content (AvgIpc) is 2.86.